The molecule has 0 amide bonds. The lowest BCUT2D eigenvalue weighted by Gasteiger charge is -2.12. The lowest BCUT2D eigenvalue weighted by atomic mass is 9.93. The molecular formula is C14H19BrOS. The van der Waals surface area contributed by atoms with Crippen molar-refractivity contribution >= 4 is 33.0 Å². The van der Waals surface area contributed by atoms with Crippen LogP contribution < -0.4 is 0 Å². The Kier molecular flexibility index (Phi) is 5.23. The summed E-state index contributed by atoms with van der Waals surface area (Å²) in [7, 11) is 0. The summed E-state index contributed by atoms with van der Waals surface area (Å²) in [6.07, 6.45) is 9.33. The Morgan fingerprint density at radius 2 is 2.00 bits per heavy atom. The topological polar surface area (TPSA) is 17.1 Å². The van der Waals surface area contributed by atoms with Gasteiger partial charge in [0.25, 0.3) is 0 Å². The standard InChI is InChI=1S/C14H19BrOS/c15-12-8-14(17-10-12)9-13(16)7-11-5-3-1-2-4-6-11/h8,10-11H,1-7,9H2. The predicted octanol–water partition coefficient (Wildman–Crippen LogP) is 4.98. The maximum Gasteiger partial charge on any atom is 0.138 e. The number of carbonyl (C=O) groups is 1. The highest BCUT2D eigenvalue weighted by atomic mass is 79.9. The first-order chi connectivity index (χ1) is 8.24. The fourth-order valence-electron chi connectivity index (χ4n) is 2.60. The quantitative estimate of drug-likeness (QED) is 0.716. The van der Waals surface area contributed by atoms with Crippen LogP contribution in [0.25, 0.3) is 0 Å². The van der Waals surface area contributed by atoms with Gasteiger partial charge >= 0.3 is 0 Å². The number of hydrogen-bond donors (Lipinski definition) is 0. The molecule has 0 atom stereocenters. The SMILES string of the molecule is O=C(Cc1cc(Br)cs1)CC1CCCCCC1. The van der Waals surface area contributed by atoms with Crippen LogP contribution in [0.1, 0.15) is 49.8 Å². The number of halogens is 1. The molecule has 1 fully saturated rings. The largest absolute Gasteiger partial charge is 0.299 e. The molecule has 2 rings (SSSR count). The van der Waals surface area contributed by atoms with Crippen LogP contribution in [0, 0.1) is 5.92 Å². The molecule has 1 nitrogen and oxygen atoms in total. The number of ketones is 1. The first-order valence-electron chi connectivity index (χ1n) is 6.48. The molecule has 0 aromatic carbocycles. The molecule has 0 aliphatic heterocycles. The zero-order valence-corrected chi connectivity index (χ0v) is 12.5. The molecule has 0 radical (unpaired) electrons. The minimum atomic E-state index is 0.422. The average Bonchev–Trinajstić information content (AvgIpc) is 2.53. The molecule has 0 N–H and O–H groups in total. The van der Waals surface area contributed by atoms with Crippen LogP contribution in [0.4, 0.5) is 0 Å². The van der Waals surface area contributed by atoms with Crippen LogP contribution in [-0.4, -0.2) is 5.78 Å². The number of hydrogen-bond acceptors (Lipinski definition) is 2. The third-order valence-electron chi connectivity index (χ3n) is 3.48. The van der Waals surface area contributed by atoms with E-state index in [9.17, 15) is 4.79 Å². The summed E-state index contributed by atoms with van der Waals surface area (Å²) in [5, 5.41) is 2.05. The molecule has 0 unspecified atom stereocenters. The molecule has 94 valence electrons. The summed E-state index contributed by atoms with van der Waals surface area (Å²) in [6.45, 7) is 0. The Labute approximate surface area is 116 Å². The minimum Gasteiger partial charge on any atom is -0.299 e. The summed E-state index contributed by atoms with van der Waals surface area (Å²) >= 11 is 5.11. The number of rotatable bonds is 4. The smallest absolute Gasteiger partial charge is 0.138 e. The van der Waals surface area contributed by atoms with Crippen LogP contribution in [0.5, 0.6) is 0 Å². The van der Waals surface area contributed by atoms with E-state index in [0.29, 0.717) is 18.1 Å². The molecule has 3 heteroatoms. The van der Waals surface area contributed by atoms with Crippen molar-refractivity contribution in [2.75, 3.05) is 0 Å². The van der Waals surface area contributed by atoms with Gasteiger partial charge in [0.2, 0.25) is 0 Å². The monoisotopic (exact) mass is 314 g/mol. The van der Waals surface area contributed by atoms with E-state index in [4.69, 9.17) is 0 Å². The number of thiophene rings is 1. The number of Topliss-reactive ketones (excluding diaryl/α,β-unsaturated/α-hetero) is 1. The van der Waals surface area contributed by atoms with E-state index < -0.39 is 0 Å². The molecule has 1 heterocycles. The molecule has 1 aliphatic rings. The second-order valence-corrected chi connectivity index (χ2v) is 6.92. The van der Waals surface area contributed by atoms with Gasteiger partial charge < -0.3 is 0 Å². The summed E-state index contributed by atoms with van der Waals surface area (Å²) in [4.78, 5) is 13.2. The summed E-state index contributed by atoms with van der Waals surface area (Å²) in [5.41, 5.74) is 0. The average molecular weight is 315 g/mol. The second-order valence-electron chi connectivity index (χ2n) is 5.01. The van der Waals surface area contributed by atoms with Gasteiger partial charge in [0.15, 0.2) is 0 Å². The summed E-state index contributed by atoms with van der Waals surface area (Å²) < 4.78 is 1.10. The van der Waals surface area contributed by atoms with E-state index in [1.807, 2.05) is 5.38 Å². The van der Waals surface area contributed by atoms with Crippen molar-refractivity contribution in [1.29, 1.82) is 0 Å². The Hall–Kier alpha value is -0.150. The van der Waals surface area contributed by atoms with Crippen molar-refractivity contribution in [3.63, 3.8) is 0 Å². The van der Waals surface area contributed by atoms with Crippen LogP contribution in [0.2, 0.25) is 0 Å². The minimum absolute atomic E-state index is 0.422. The Balaban J connectivity index is 1.80. The van der Waals surface area contributed by atoms with E-state index >= 15 is 0 Å². The van der Waals surface area contributed by atoms with Gasteiger partial charge in [-0.3, -0.25) is 4.79 Å². The first kappa shape index (κ1) is 13.3. The van der Waals surface area contributed by atoms with Crippen LogP contribution >= 0.6 is 27.3 Å². The fourth-order valence-corrected chi connectivity index (χ4v) is 4.08. The lowest BCUT2D eigenvalue weighted by Crippen LogP contribution is -2.09. The van der Waals surface area contributed by atoms with Gasteiger partial charge in [0.05, 0.1) is 0 Å². The van der Waals surface area contributed by atoms with Crippen molar-refractivity contribution in [3.05, 3.63) is 20.8 Å². The van der Waals surface area contributed by atoms with Crippen LogP contribution in [0.15, 0.2) is 15.9 Å². The zero-order valence-electron chi connectivity index (χ0n) is 10.1. The molecule has 1 aromatic rings. The molecular weight excluding hydrogens is 296 g/mol. The highest BCUT2D eigenvalue weighted by molar-refractivity contribution is 9.10. The van der Waals surface area contributed by atoms with E-state index in [-0.39, 0.29) is 0 Å². The highest BCUT2D eigenvalue weighted by Crippen LogP contribution is 2.27. The van der Waals surface area contributed by atoms with Crippen LogP contribution in [-0.2, 0) is 11.2 Å². The molecule has 17 heavy (non-hydrogen) atoms. The van der Waals surface area contributed by atoms with E-state index in [1.54, 1.807) is 11.3 Å². The molecule has 0 spiro atoms. The van der Waals surface area contributed by atoms with Gasteiger partial charge in [-0.25, -0.2) is 0 Å². The second kappa shape index (κ2) is 6.69. The maximum absolute atomic E-state index is 12.0. The van der Waals surface area contributed by atoms with E-state index in [0.717, 1.165) is 10.9 Å². The van der Waals surface area contributed by atoms with Crippen molar-refractivity contribution in [2.45, 2.75) is 51.4 Å². The molecule has 0 saturated heterocycles. The van der Waals surface area contributed by atoms with Crippen molar-refractivity contribution in [2.24, 2.45) is 5.92 Å². The van der Waals surface area contributed by atoms with Crippen LogP contribution in [0.3, 0.4) is 0 Å². The lowest BCUT2D eigenvalue weighted by molar-refractivity contribution is -0.119. The Bertz CT molecular complexity index is 364. The Morgan fingerprint density at radius 1 is 1.29 bits per heavy atom. The predicted molar refractivity (Wildman–Crippen MR) is 76.5 cm³/mol. The van der Waals surface area contributed by atoms with Crippen molar-refractivity contribution < 1.29 is 4.79 Å². The summed E-state index contributed by atoms with van der Waals surface area (Å²) in [6, 6.07) is 2.07. The van der Waals surface area contributed by atoms with Gasteiger partial charge in [-0.2, -0.15) is 0 Å². The first-order valence-corrected chi connectivity index (χ1v) is 8.16. The maximum atomic E-state index is 12.0. The van der Waals surface area contributed by atoms with E-state index in [1.165, 1.54) is 43.4 Å². The van der Waals surface area contributed by atoms with Crippen molar-refractivity contribution in [1.82, 2.24) is 0 Å². The van der Waals surface area contributed by atoms with Gasteiger partial charge in [-0.1, -0.05) is 38.5 Å². The zero-order chi connectivity index (χ0) is 12.1. The third kappa shape index (κ3) is 4.55. The normalized spacial score (nSPS) is 17.9. The number of carbonyl (C=O) groups excluding carboxylic acids is 1. The fraction of sp³-hybridized carbons (Fsp3) is 0.643. The van der Waals surface area contributed by atoms with E-state index in [2.05, 4.69) is 22.0 Å². The highest BCUT2D eigenvalue weighted by Gasteiger charge is 2.16. The Morgan fingerprint density at radius 3 is 2.59 bits per heavy atom. The van der Waals surface area contributed by atoms with Gasteiger partial charge in [0, 0.05) is 27.6 Å². The van der Waals surface area contributed by atoms with Gasteiger partial charge in [0.1, 0.15) is 5.78 Å². The molecule has 1 aromatic heterocycles. The molecule has 1 aliphatic carbocycles. The summed E-state index contributed by atoms with van der Waals surface area (Å²) in [5.74, 6) is 1.08. The molecule has 0 bridgehead atoms. The van der Waals surface area contributed by atoms with Gasteiger partial charge in [-0.05, 0) is 27.9 Å². The van der Waals surface area contributed by atoms with Gasteiger partial charge in [-0.15, -0.1) is 11.3 Å². The third-order valence-corrected chi connectivity index (χ3v) is 5.18. The van der Waals surface area contributed by atoms with Crippen molar-refractivity contribution in [3.8, 4) is 0 Å². The molecule has 1 saturated carbocycles.